The minimum atomic E-state index is 0.459. The van der Waals surface area contributed by atoms with E-state index in [-0.39, 0.29) is 0 Å². The molecule has 0 atom stereocenters. The smallest absolute Gasteiger partial charge is 0.258 e. The molecule has 0 aliphatic rings. The number of hydrogen-bond donors (Lipinski definition) is 0. The first kappa shape index (κ1) is 12.4. The van der Waals surface area contributed by atoms with E-state index in [0.29, 0.717) is 16.7 Å². The van der Waals surface area contributed by atoms with Crippen molar-refractivity contribution in [2.75, 3.05) is 0 Å². The van der Waals surface area contributed by atoms with Crippen LogP contribution in [-0.4, -0.2) is 10.1 Å². The Hall–Kier alpha value is -1.65. The van der Waals surface area contributed by atoms with Gasteiger partial charge in [-0.15, -0.1) is 0 Å². The van der Waals surface area contributed by atoms with Crippen LogP contribution in [0.2, 0.25) is 5.02 Å². The van der Waals surface area contributed by atoms with E-state index in [0.717, 1.165) is 15.6 Å². The van der Waals surface area contributed by atoms with Gasteiger partial charge in [0.2, 0.25) is 5.82 Å². The Morgan fingerprint density at radius 2 is 1.79 bits per heavy atom. The van der Waals surface area contributed by atoms with E-state index in [9.17, 15) is 0 Å². The zero-order valence-corrected chi connectivity index (χ0v) is 12.0. The van der Waals surface area contributed by atoms with E-state index >= 15 is 0 Å². The Morgan fingerprint density at radius 1 is 1.00 bits per heavy atom. The second-order valence-corrected chi connectivity index (χ2v) is 5.29. The van der Waals surface area contributed by atoms with Gasteiger partial charge in [-0.05, 0) is 42.5 Å². The summed E-state index contributed by atoms with van der Waals surface area (Å²) >= 11 is 9.33. The molecular weight excluding hydrogens is 328 g/mol. The van der Waals surface area contributed by atoms with Gasteiger partial charge < -0.3 is 4.52 Å². The van der Waals surface area contributed by atoms with Crippen LogP contribution in [0, 0.1) is 0 Å². The van der Waals surface area contributed by atoms with Crippen molar-refractivity contribution >= 4 is 27.5 Å². The van der Waals surface area contributed by atoms with Gasteiger partial charge in [-0.3, -0.25) is 0 Å². The van der Waals surface area contributed by atoms with Crippen molar-refractivity contribution in [1.82, 2.24) is 10.1 Å². The maximum Gasteiger partial charge on any atom is 0.258 e. The average Bonchev–Trinajstić information content (AvgIpc) is 2.89. The summed E-state index contributed by atoms with van der Waals surface area (Å²) < 4.78 is 6.27. The minimum Gasteiger partial charge on any atom is -0.334 e. The molecule has 3 aromatic rings. The molecule has 0 fully saturated rings. The lowest BCUT2D eigenvalue weighted by molar-refractivity contribution is 0.432. The first-order chi connectivity index (χ1) is 9.22. The van der Waals surface area contributed by atoms with Crippen LogP contribution in [0.3, 0.4) is 0 Å². The fourth-order valence-electron chi connectivity index (χ4n) is 1.68. The highest BCUT2D eigenvalue weighted by molar-refractivity contribution is 9.10. The van der Waals surface area contributed by atoms with Gasteiger partial charge in [-0.2, -0.15) is 4.98 Å². The molecule has 1 aromatic heterocycles. The average molecular weight is 336 g/mol. The van der Waals surface area contributed by atoms with Gasteiger partial charge in [0.15, 0.2) is 0 Å². The molecule has 0 aliphatic carbocycles. The van der Waals surface area contributed by atoms with Crippen LogP contribution in [0.1, 0.15) is 0 Å². The monoisotopic (exact) mass is 334 g/mol. The maximum absolute atomic E-state index is 5.94. The molecule has 0 radical (unpaired) electrons. The molecule has 0 saturated heterocycles. The normalized spacial score (nSPS) is 10.6. The quantitative estimate of drug-likeness (QED) is 0.674. The van der Waals surface area contributed by atoms with Crippen LogP contribution in [0.15, 0.2) is 57.5 Å². The third-order valence-electron chi connectivity index (χ3n) is 2.60. The first-order valence-corrected chi connectivity index (χ1v) is 6.75. The molecule has 0 bridgehead atoms. The summed E-state index contributed by atoms with van der Waals surface area (Å²) in [7, 11) is 0. The van der Waals surface area contributed by atoms with Crippen molar-refractivity contribution in [1.29, 1.82) is 0 Å². The first-order valence-electron chi connectivity index (χ1n) is 5.58. The van der Waals surface area contributed by atoms with Gasteiger partial charge in [-0.25, -0.2) is 0 Å². The Kier molecular flexibility index (Phi) is 3.36. The van der Waals surface area contributed by atoms with E-state index in [1.54, 1.807) is 12.1 Å². The number of benzene rings is 2. The van der Waals surface area contributed by atoms with Crippen LogP contribution in [-0.2, 0) is 0 Å². The molecule has 3 rings (SSSR count). The Labute approximate surface area is 123 Å². The molecule has 0 N–H and O–H groups in total. The predicted molar refractivity (Wildman–Crippen MR) is 77.9 cm³/mol. The summed E-state index contributed by atoms with van der Waals surface area (Å²) in [6.45, 7) is 0. The van der Waals surface area contributed by atoms with Crippen molar-refractivity contribution in [3.8, 4) is 22.8 Å². The second kappa shape index (κ2) is 5.15. The van der Waals surface area contributed by atoms with Crippen LogP contribution >= 0.6 is 27.5 Å². The number of nitrogens with zero attached hydrogens (tertiary/aromatic N) is 2. The Balaban J connectivity index is 1.97. The van der Waals surface area contributed by atoms with Gasteiger partial charge >= 0.3 is 0 Å². The third kappa shape index (κ3) is 2.69. The fourth-order valence-corrected chi connectivity index (χ4v) is 2.13. The minimum absolute atomic E-state index is 0.459. The van der Waals surface area contributed by atoms with Gasteiger partial charge in [0.05, 0.1) is 0 Å². The molecule has 94 valence electrons. The van der Waals surface area contributed by atoms with Crippen molar-refractivity contribution < 1.29 is 4.52 Å². The summed E-state index contributed by atoms with van der Waals surface area (Å²) in [5, 5.41) is 4.62. The zero-order chi connectivity index (χ0) is 13.2. The highest BCUT2D eigenvalue weighted by Gasteiger charge is 2.10. The van der Waals surface area contributed by atoms with Crippen LogP contribution in [0.25, 0.3) is 22.8 Å². The van der Waals surface area contributed by atoms with Crippen LogP contribution < -0.4 is 0 Å². The molecule has 3 nitrogen and oxygen atoms in total. The summed E-state index contributed by atoms with van der Waals surface area (Å²) in [5.74, 6) is 1.02. The Morgan fingerprint density at radius 3 is 2.53 bits per heavy atom. The lowest BCUT2D eigenvalue weighted by atomic mass is 10.2. The number of hydrogen-bond acceptors (Lipinski definition) is 3. The van der Waals surface area contributed by atoms with E-state index in [1.165, 1.54) is 0 Å². The van der Waals surface area contributed by atoms with E-state index in [2.05, 4.69) is 26.1 Å². The van der Waals surface area contributed by atoms with Crippen molar-refractivity contribution in [2.24, 2.45) is 0 Å². The molecule has 19 heavy (non-hydrogen) atoms. The lowest BCUT2D eigenvalue weighted by Crippen LogP contribution is -1.81. The van der Waals surface area contributed by atoms with Gasteiger partial charge in [0.25, 0.3) is 5.89 Å². The van der Waals surface area contributed by atoms with Crippen molar-refractivity contribution in [2.45, 2.75) is 0 Å². The topological polar surface area (TPSA) is 38.9 Å². The number of aromatic nitrogens is 2. The summed E-state index contributed by atoms with van der Waals surface area (Å²) in [4.78, 5) is 4.37. The zero-order valence-electron chi connectivity index (χ0n) is 9.68. The number of rotatable bonds is 2. The molecular formula is C14H8BrClN2O. The predicted octanol–water partition coefficient (Wildman–Crippen LogP) is 4.82. The molecule has 0 aliphatic heterocycles. The second-order valence-electron chi connectivity index (χ2n) is 3.94. The van der Waals surface area contributed by atoms with Crippen molar-refractivity contribution in [3.63, 3.8) is 0 Å². The molecule has 0 saturated carbocycles. The summed E-state index contributed by atoms with van der Waals surface area (Å²) in [6.07, 6.45) is 0. The van der Waals surface area contributed by atoms with E-state index in [1.807, 2.05) is 36.4 Å². The van der Waals surface area contributed by atoms with Gasteiger partial charge in [-0.1, -0.05) is 38.8 Å². The highest BCUT2D eigenvalue weighted by atomic mass is 79.9. The maximum atomic E-state index is 5.94. The largest absolute Gasteiger partial charge is 0.334 e. The molecule has 2 aromatic carbocycles. The molecule has 0 unspecified atom stereocenters. The van der Waals surface area contributed by atoms with Crippen LogP contribution in [0.4, 0.5) is 0 Å². The SMILES string of the molecule is Clc1cccc(-c2nc(-c3ccc(Br)cc3)no2)c1. The Bertz CT molecular complexity index is 709. The standard InChI is InChI=1S/C14H8BrClN2O/c15-11-6-4-9(5-7-11)13-17-14(19-18-13)10-2-1-3-12(16)8-10/h1-8H. The van der Waals surface area contributed by atoms with Crippen LogP contribution in [0.5, 0.6) is 0 Å². The molecule has 0 spiro atoms. The van der Waals surface area contributed by atoms with Gasteiger partial charge in [0, 0.05) is 20.6 Å². The van der Waals surface area contributed by atoms with E-state index in [4.69, 9.17) is 16.1 Å². The van der Waals surface area contributed by atoms with Gasteiger partial charge in [0.1, 0.15) is 0 Å². The summed E-state index contributed by atoms with van der Waals surface area (Å²) in [5.41, 5.74) is 1.71. The third-order valence-corrected chi connectivity index (χ3v) is 3.36. The molecule has 1 heterocycles. The lowest BCUT2D eigenvalue weighted by Gasteiger charge is -1.94. The van der Waals surface area contributed by atoms with Crippen molar-refractivity contribution in [3.05, 3.63) is 58.0 Å². The summed E-state index contributed by atoms with van der Waals surface area (Å²) in [6, 6.07) is 15.0. The highest BCUT2D eigenvalue weighted by Crippen LogP contribution is 2.25. The molecule has 5 heteroatoms. The molecule has 0 amide bonds. The fraction of sp³-hybridized carbons (Fsp3) is 0. The number of halogens is 2. The van der Waals surface area contributed by atoms with E-state index < -0.39 is 0 Å².